The van der Waals surface area contributed by atoms with Gasteiger partial charge in [0.05, 0.1) is 16.8 Å². The fourth-order valence-electron chi connectivity index (χ4n) is 3.16. The van der Waals surface area contributed by atoms with E-state index in [9.17, 15) is 18.0 Å². The number of hydrazine groups is 1. The molecule has 0 bridgehead atoms. The third-order valence-corrected chi connectivity index (χ3v) is 4.54. The summed E-state index contributed by atoms with van der Waals surface area (Å²) in [5, 5.41) is 2.83. The van der Waals surface area contributed by atoms with Crippen molar-refractivity contribution >= 4 is 23.5 Å². The zero-order valence-corrected chi connectivity index (χ0v) is 15.3. The first kappa shape index (κ1) is 18.7. The average molecular weight is 396 g/mol. The van der Waals surface area contributed by atoms with Crippen molar-refractivity contribution in [3.05, 3.63) is 89.4 Å². The van der Waals surface area contributed by atoms with Crippen molar-refractivity contribution in [1.82, 2.24) is 15.0 Å². The molecular formula is C21H15F3N4O. The van der Waals surface area contributed by atoms with Gasteiger partial charge in [0.1, 0.15) is 5.82 Å². The summed E-state index contributed by atoms with van der Waals surface area (Å²) in [5.41, 5.74) is 0.549. The van der Waals surface area contributed by atoms with Crippen molar-refractivity contribution in [1.29, 1.82) is 0 Å². The smallest absolute Gasteiger partial charge is 0.267 e. The Morgan fingerprint density at radius 2 is 1.86 bits per heavy atom. The van der Waals surface area contributed by atoms with Crippen molar-refractivity contribution in [2.75, 3.05) is 12.1 Å². The monoisotopic (exact) mass is 396 g/mol. The van der Waals surface area contributed by atoms with Crippen LogP contribution in [0, 0.1) is 0 Å². The number of rotatable bonds is 3. The largest absolute Gasteiger partial charge is 0.416 e. The Bertz CT molecular complexity index is 1080. The highest BCUT2D eigenvalue weighted by molar-refractivity contribution is 6.12. The van der Waals surface area contributed by atoms with E-state index in [4.69, 9.17) is 0 Å². The highest BCUT2D eigenvalue weighted by Gasteiger charge is 2.39. The lowest BCUT2D eigenvalue weighted by Crippen LogP contribution is -2.39. The normalized spacial score (nSPS) is 15.0. The van der Waals surface area contributed by atoms with Gasteiger partial charge in [-0.15, -0.1) is 0 Å². The van der Waals surface area contributed by atoms with Gasteiger partial charge in [0.15, 0.2) is 0 Å². The summed E-state index contributed by atoms with van der Waals surface area (Å²) in [5.74, 6) is 0.0406. The molecular weight excluding hydrogens is 381 g/mol. The van der Waals surface area contributed by atoms with E-state index < -0.39 is 17.6 Å². The lowest BCUT2D eigenvalue weighted by Gasteiger charge is -2.30. The second-order valence-electron chi connectivity index (χ2n) is 6.40. The number of alkyl halides is 3. The van der Waals surface area contributed by atoms with Crippen LogP contribution in [0.3, 0.4) is 0 Å². The predicted molar refractivity (Wildman–Crippen MR) is 102 cm³/mol. The van der Waals surface area contributed by atoms with Crippen LogP contribution in [-0.2, 0) is 6.18 Å². The molecule has 29 heavy (non-hydrogen) atoms. The number of benzene rings is 1. The van der Waals surface area contributed by atoms with Crippen LogP contribution in [0.4, 0.5) is 19.0 Å². The maximum atomic E-state index is 13.3. The highest BCUT2D eigenvalue weighted by Crippen LogP contribution is 2.39. The van der Waals surface area contributed by atoms with Crippen LogP contribution in [0.25, 0.3) is 11.8 Å². The van der Waals surface area contributed by atoms with Gasteiger partial charge in [0, 0.05) is 31.2 Å². The standard InChI is InChI=1S/C21H15F3N4O/c1-27(19-6-2-3-10-26-19)28-18(11-14-5-4-9-25-13-14)17-12-15(21(22,23)24)7-8-16(17)20(28)29/h2-13H,1H3/b18-11-. The van der Waals surface area contributed by atoms with Crippen LogP contribution >= 0.6 is 0 Å². The van der Waals surface area contributed by atoms with Crippen molar-refractivity contribution < 1.29 is 18.0 Å². The first-order valence-corrected chi connectivity index (χ1v) is 8.69. The van der Waals surface area contributed by atoms with Crippen LogP contribution in [0.15, 0.2) is 67.1 Å². The van der Waals surface area contributed by atoms with Gasteiger partial charge in [-0.3, -0.25) is 14.8 Å². The predicted octanol–water partition coefficient (Wildman–Crippen LogP) is 4.50. The Hall–Kier alpha value is -3.68. The Morgan fingerprint density at radius 1 is 1.03 bits per heavy atom. The van der Waals surface area contributed by atoms with Gasteiger partial charge in [-0.25, -0.2) is 9.99 Å². The van der Waals surface area contributed by atoms with Gasteiger partial charge >= 0.3 is 6.18 Å². The summed E-state index contributed by atoms with van der Waals surface area (Å²) in [7, 11) is 1.63. The lowest BCUT2D eigenvalue weighted by atomic mass is 10.0. The molecule has 1 aliphatic heterocycles. The van der Waals surface area contributed by atoms with Crippen LogP contribution in [0.2, 0.25) is 0 Å². The van der Waals surface area contributed by atoms with E-state index in [1.54, 1.807) is 62.0 Å². The third-order valence-electron chi connectivity index (χ3n) is 4.54. The molecule has 1 aromatic carbocycles. The molecule has 0 aliphatic carbocycles. The molecule has 3 heterocycles. The summed E-state index contributed by atoms with van der Waals surface area (Å²) >= 11 is 0. The average Bonchev–Trinajstić information content (AvgIpc) is 2.99. The second-order valence-corrected chi connectivity index (χ2v) is 6.40. The van der Waals surface area contributed by atoms with Gasteiger partial charge in [0.25, 0.3) is 5.91 Å². The van der Waals surface area contributed by atoms with Gasteiger partial charge in [-0.1, -0.05) is 12.1 Å². The molecule has 0 spiro atoms. The van der Waals surface area contributed by atoms with E-state index in [0.717, 1.165) is 12.1 Å². The summed E-state index contributed by atoms with van der Waals surface area (Å²) in [6.45, 7) is 0. The fourth-order valence-corrected chi connectivity index (χ4v) is 3.16. The van der Waals surface area contributed by atoms with E-state index in [1.807, 2.05) is 0 Å². The van der Waals surface area contributed by atoms with Gasteiger partial charge in [-0.05, 0) is 48.0 Å². The van der Waals surface area contributed by atoms with E-state index in [2.05, 4.69) is 9.97 Å². The quantitative estimate of drug-likeness (QED) is 0.654. The molecule has 1 aliphatic rings. The van der Waals surface area contributed by atoms with Crippen LogP contribution in [-0.4, -0.2) is 27.9 Å². The summed E-state index contributed by atoms with van der Waals surface area (Å²) in [6, 6.07) is 11.8. The first-order valence-electron chi connectivity index (χ1n) is 8.69. The highest BCUT2D eigenvalue weighted by atomic mass is 19.4. The Balaban J connectivity index is 1.88. The molecule has 1 amide bonds. The van der Waals surface area contributed by atoms with E-state index in [0.29, 0.717) is 17.1 Å². The molecule has 0 unspecified atom stereocenters. The molecule has 146 valence electrons. The number of hydrogen-bond acceptors (Lipinski definition) is 4. The summed E-state index contributed by atoms with van der Waals surface area (Å²) < 4.78 is 39.8. The maximum absolute atomic E-state index is 13.3. The molecule has 0 atom stereocenters. The van der Waals surface area contributed by atoms with Crippen molar-refractivity contribution in [3.8, 4) is 0 Å². The molecule has 0 N–H and O–H groups in total. The molecule has 0 saturated carbocycles. The van der Waals surface area contributed by atoms with Gasteiger partial charge < -0.3 is 0 Å². The van der Waals surface area contributed by atoms with E-state index in [-0.39, 0.29) is 11.1 Å². The van der Waals surface area contributed by atoms with Crippen molar-refractivity contribution in [3.63, 3.8) is 0 Å². The molecule has 0 radical (unpaired) electrons. The number of amides is 1. The zero-order chi connectivity index (χ0) is 20.6. The molecule has 4 rings (SSSR count). The summed E-state index contributed by atoms with van der Waals surface area (Å²) in [6.07, 6.45) is 1.86. The third kappa shape index (κ3) is 3.44. The SMILES string of the molecule is CN(c1ccccn1)N1C(=O)c2ccc(C(F)(F)F)cc2/C1=C/c1cccnc1. The Morgan fingerprint density at radius 3 is 2.52 bits per heavy atom. The minimum atomic E-state index is -4.52. The lowest BCUT2D eigenvalue weighted by molar-refractivity contribution is -0.137. The summed E-state index contributed by atoms with van der Waals surface area (Å²) in [4.78, 5) is 21.4. The minimum absolute atomic E-state index is 0.191. The molecule has 0 fully saturated rings. The topological polar surface area (TPSA) is 49.3 Å². The number of aromatic nitrogens is 2. The van der Waals surface area contributed by atoms with Gasteiger partial charge in [0.2, 0.25) is 0 Å². The molecule has 5 nitrogen and oxygen atoms in total. The minimum Gasteiger partial charge on any atom is -0.267 e. The molecule has 3 aromatic rings. The second kappa shape index (κ2) is 7.05. The number of halogens is 3. The van der Waals surface area contributed by atoms with E-state index >= 15 is 0 Å². The number of carbonyl (C=O) groups is 1. The number of pyridine rings is 2. The van der Waals surface area contributed by atoms with Crippen molar-refractivity contribution in [2.45, 2.75) is 6.18 Å². The number of hydrogen-bond donors (Lipinski definition) is 0. The fraction of sp³-hybridized carbons (Fsp3) is 0.0952. The van der Waals surface area contributed by atoms with Crippen LogP contribution in [0.1, 0.15) is 27.0 Å². The van der Waals surface area contributed by atoms with E-state index in [1.165, 1.54) is 16.1 Å². The number of anilines is 1. The maximum Gasteiger partial charge on any atom is 0.416 e. The number of nitrogens with zero attached hydrogens (tertiary/aromatic N) is 4. The first-order chi connectivity index (χ1) is 13.9. The van der Waals surface area contributed by atoms with Gasteiger partial charge in [-0.2, -0.15) is 13.2 Å². The van der Waals surface area contributed by atoms with Crippen LogP contribution in [0.5, 0.6) is 0 Å². The molecule has 0 saturated heterocycles. The molecule has 2 aromatic heterocycles. The Labute approximate surface area is 164 Å². The molecule has 8 heteroatoms. The number of fused-ring (bicyclic) bond motifs is 1. The van der Waals surface area contributed by atoms with Crippen molar-refractivity contribution in [2.24, 2.45) is 0 Å². The Kier molecular flexibility index (Phi) is 4.54. The van der Waals surface area contributed by atoms with Crippen LogP contribution < -0.4 is 5.01 Å². The zero-order valence-electron chi connectivity index (χ0n) is 15.3. The number of carbonyl (C=O) groups excluding carboxylic acids is 1.